The molecule has 0 amide bonds. The van der Waals surface area contributed by atoms with Crippen LogP contribution in [-0.2, 0) is 11.2 Å². The van der Waals surface area contributed by atoms with E-state index in [-0.39, 0.29) is 5.78 Å². The molecule has 0 aliphatic heterocycles. The van der Waals surface area contributed by atoms with Crippen LogP contribution in [0.15, 0.2) is 48.5 Å². The van der Waals surface area contributed by atoms with E-state index in [1.54, 1.807) is 6.92 Å². The first-order chi connectivity index (χ1) is 9.58. The summed E-state index contributed by atoms with van der Waals surface area (Å²) >= 11 is 9.15. The van der Waals surface area contributed by atoms with Crippen LogP contribution in [0.1, 0.15) is 18.1 Å². The van der Waals surface area contributed by atoms with E-state index >= 15 is 0 Å². The van der Waals surface area contributed by atoms with Crippen LogP contribution in [0.5, 0.6) is 0 Å². The van der Waals surface area contributed by atoms with Gasteiger partial charge in [0.15, 0.2) is 0 Å². The Hall–Kier alpha value is -1.41. The number of hydrogen-bond donors (Lipinski definition) is 1. The van der Waals surface area contributed by atoms with Crippen LogP contribution < -0.4 is 5.32 Å². The van der Waals surface area contributed by atoms with Gasteiger partial charge in [0.1, 0.15) is 0 Å². The van der Waals surface area contributed by atoms with Gasteiger partial charge < -0.3 is 0 Å². The Balaban J connectivity index is 2.26. The average molecular weight is 351 g/mol. The van der Waals surface area contributed by atoms with E-state index in [9.17, 15) is 4.79 Å². The molecule has 2 aromatic carbocycles. The van der Waals surface area contributed by atoms with Crippen molar-refractivity contribution in [1.29, 1.82) is 0 Å². The maximum absolute atomic E-state index is 11.3. The van der Waals surface area contributed by atoms with E-state index in [0.717, 1.165) is 21.4 Å². The van der Waals surface area contributed by atoms with Gasteiger partial charge in [-0.15, -0.1) is 0 Å². The topological polar surface area (TPSA) is 29.1 Å². The third-order valence-electron chi connectivity index (χ3n) is 2.82. The van der Waals surface area contributed by atoms with Gasteiger partial charge in [-0.2, -0.15) is 0 Å². The van der Waals surface area contributed by atoms with Gasteiger partial charge in [-0.1, -0.05) is 0 Å². The van der Waals surface area contributed by atoms with Crippen molar-refractivity contribution in [3.05, 3.63) is 64.7 Å². The zero-order chi connectivity index (χ0) is 14.5. The van der Waals surface area contributed by atoms with Crippen molar-refractivity contribution in [2.75, 3.05) is 5.32 Å². The Labute approximate surface area is 131 Å². The number of hydrogen-bond acceptors (Lipinski definition) is 2. The summed E-state index contributed by atoms with van der Waals surface area (Å²) in [6.07, 6.45) is 0.422. The number of carbonyl (C=O) groups is 1. The molecule has 0 radical (unpaired) electrons. The number of benzene rings is 2. The molecule has 0 saturated heterocycles. The summed E-state index contributed by atoms with van der Waals surface area (Å²) in [7, 11) is 0. The van der Waals surface area contributed by atoms with Crippen molar-refractivity contribution in [3.63, 3.8) is 0 Å². The first-order valence-electron chi connectivity index (χ1n) is 6.21. The molecule has 20 heavy (non-hydrogen) atoms. The maximum atomic E-state index is 11.3. The van der Waals surface area contributed by atoms with Gasteiger partial charge in [0.2, 0.25) is 0 Å². The molecule has 0 spiro atoms. The van der Waals surface area contributed by atoms with Crippen molar-refractivity contribution >= 4 is 43.2 Å². The number of nitrogens with one attached hydrogen (secondary N) is 1. The van der Waals surface area contributed by atoms with Gasteiger partial charge in [-0.05, 0) is 0 Å². The molecule has 0 aliphatic carbocycles. The summed E-state index contributed by atoms with van der Waals surface area (Å²) in [5, 5.41) is 3.91. The van der Waals surface area contributed by atoms with Crippen LogP contribution >= 0.6 is 11.6 Å². The summed E-state index contributed by atoms with van der Waals surface area (Å²) in [5.41, 5.74) is 2.82. The SMILES string of the molecule is CC(=O)Cc1ccccc1C(=[Se])Nc1ccccc1Cl. The van der Waals surface area contributed by atoms with E-state index in [2.05, 4.69) is 20.9 Å². The van der Waals surface area contributed by atoms with Gasteiger partial charge in [0, 0.05) is 0 Å². The summed E-state index contributed by atoms with van der Waals surface area (Å²) < 4.78 is 0.856. The summed E-state index contributed by atoms with van der Waals surface area (Å²) in [5.74, 6) is 0.142. The summed E-state index contributed by atoms with van der Waals surface area (Å²) in [4.78, 5) is 11.3. The molecule has 0 unspecified atom stereocenters. The third-order valence-corrected chi connectivity index (χ3v) is 3.83. The molecular weight excluding hydrogens is 337 g/mol. The number of halogens is 1. The Morgan fingerprint density at radius 3 is 2.50 bits per heavy atom. The quantitative estimate of drug-likeness (QED) is 0.839. The van der Waals surface area contributed by atoms with Crippen LogP contribution in [0.3, 0.4) is 0 Å². The van der Waals surface area contributed by atoms with Gasteiger partial charge in [-0.3, -0.25) is 0 Å². The van der Waals surface area contributed by atoms with E-state index in [4.69, 9.17) is 11.6 Å². The Morgan fingerprint density at radius 1 is 1.15 bits per heavy atom. The van der Waals surface area contributed by atoms with Crippen LogP contribution in [0.2, 0.25) is 5.02 Å². The molecule has 4 heteroatoms. The Morgan fingerprint density at radius 2 is 1.80 bits per heavy atom. The molecule has 0 saturated carbocycles. The molecule has 0 atom stereocenters. The van der Waals surface area contributed by atoms with Crippen LogP contribution in [-0.4, -0.2) is 25.9 Å². The van der Waals surface area contributed by atoms with Crippen LogP contribution in [0.25, 0.3) is 0 Å². The minimum atomic E-state index is 0.142. The first kappa shape index (κ1) is 15.0. The molecular formula is C16H14ClNOSe. The number of anilines is 1. The number of carbonyl (C=O) groups excluding carboxylic acids is 1. The van der Waals surface area contributed by atoms with E-state index in [1.165, 1.54) is 0 Å². The Bertz CT molecular complexity index is 654. The van der Waals surface area contributed by atoms with Crippen molar-refractivity contribution in [2.24, 2.45) is 0 Å². The van der Waals surface area contributed by atoms with Gasteiger partial charge >= 0.3 is 131 Å². The zero-order valence-electron chi connectivity index (χ0n) is 11.0. The predicted octanol–water partition coefficient (Wildman–Crippen LogP) is 3.23. The molecule has 2 aromatic rings. The predicted molar refractivity (Wildman–Crippen MR) is 85.8 cm³/mol. The van der Waals surface area contributed by atoms with Gasteiger partial charge in [0.05, 0.1) is 0 Å². The second kappa shape index (κ2) is 6.85. The molecule has 0 aliphatic rings. The molecule has 0 heterocycles. The van der Waals surface area contributed by atoms with E-state index < -0.39 is 0 Å². The number of ketones is 1. The normalized spacial score (nSPS) is 10.1. The van der Waals surface area contributed by atoms with E-state index in [1.807, 2.05) is 48.5 Å². The fourth-order valence-electron chi connectivity index (χ4n) is 1.92. The number of rotatable bonds is 5. The fourth-order valence-corrected chi connectivity index (χ4v) is 2.75. The van der Waals surface area contributed by atoms with Gasteiger partial charge in [-0.25, -0.2) is 0 Å². The molecule has 1 N–H and O–H groups in total. The molecule has 0 fully saturated rings. The number of para-hydroxylation sites is 1. The molecule has 102 valence electrons. The molecule has 0 bridgehead atoms. The van der Waals surface area contributed by atoms with Crippen LogP contribution in [0.4, 0.5) is 5.69 Å². The fraction of sp³-hybridized carbons (Fsp3) is 0.125. The van der Waals surface area contributed by atoms with Gasteiger partial charge in [0.25, 0.3) is 0 Å². The van der Waals surface area contributed by atoms with E-state index in [0.29, 0.717) is 11.4 Å². The molecule has 2 rings (SSSR count). The number of Topliss-reactive ketones (excluding diaryl/α,β-unsaturated/α-hetero) is 1. The molecule has 2 nitrogen and oxygen atoms in total. The third kappa shape index (κ3) is 3.80. The second-order valence-electron chi connectivity index (χ2n) is 4.47. The minimum absolute atomic E-state index is 0.142. The van der Waals surface area contributed by atoms with Crippen molar-refractivity contribution in [2.45, 2.75) is 13.3 Å². The monoisotopic (exact) mass is 351 g/mol. The average Bonchev–Trinajstić information content (AvgIpc) is 2.41. The van der Waals surface area contributed by atoms with Crippen molar-refractivity contribution in [1.82, 2.24) is 0 Å². The summed E-state index contributed by atoms with van der Waals surface area (Å²) in [6, 6.07) is 15.4. The Kier molecular flexibility index (Phi) is 5.13. The standard InChI is InChI=1S/C16H14ClNOSe/c1-11(19)10-12-6-2-3-7-13(12)16(20)18-15-9-5-4-8-14(15)17/h2-9H,10H2,1H3,(H,18,20). The zero-order valence-corrected chi connectivity index (χ0v) is 13.5. The van der Waals surface area contributed by atoms with Crippen molar-refractivity contribution < 1.29 is 4.79 Å². The van der Waals surface area contributed by atoms with Crippen molar-refractivity contribution in [3.8, 4) is 0 Å². The van der Waals surface area contributed by atoms with Crippen LogP contribution in [0, 0.1) is 0 Å². The first-order valence-corrected chi connectivity index (χ1v) is 7.44. The summed E-state index contributed by atoms with van der Waals surface area (Å²) in [6.45, 7) is 1.59. The second-order valence-corrected chi connectivity index (χ2v) is 5.73. The molecule has 0 aromatic heterocycles.